The molecule has 0 aliphatic rings. The lowest BCUT2D eigenvalue weighted by atomic mass is 9.88. The van der Waals surface area contributed by atoms with Crippen molar-refractivity contribution in [1.82, 2.24) is 25.0 Å². The maximum absolute atomic E-state index is 14.5. The molecule has 0 saturated carbocycles. The fourth-order valence-corrected chi connectivity index (χ4v) is 3.14. The number of carbonyl (C=O) groups excluding carboxylic acids is 1. The second-order valence-corrected chi connectivity index (χ2v) is 6.57. The number of ether oxygens (including phenoxy) is 1. The highest BCUT2D eigenvalue weighted by atomic mass is 19.4. The van der Waals surface area contributed by atoms with Gasteiger partial charge in [0.15, 0.2) is 11.4 Å². The van der Waals surface area contributed by atoms with E-state index in [1.165, 1.54) is 41.2 Å². The van der Waals surface area contributed by atoms with Crippen molar-refractivity contribution in [3.8, 4) is 5.75 Å². The van der Waals surface area contributed by atoms with Crippen LogP contribution in [-0.2, 0) is 0 Å². The summed E-state index contributed by atoms with van der Waals surface area (Å²) in [6.07, 6.45) is -2.19. The van der Waals surface area contributed by atoms with E-state index in [-0.39, 0.29) is 23.5 Å². The standard InChI is InChI=1S/C20H13F4N5O2/c21-16-2-1-9-25-19(16)15(12-3-6-14(7-4-12)31-20(22,23)24)10-17(30)13-5-8-18-26-27-28-29(18)11-13/h1-9,11,15H,10H2/t15-/m0/s1. The minimum Gasteiger partial charge on any atom is -0.406 e. The Morgan fingerprint density at radius 1 is 1.10 bits per heavy atom. The Balaban J connectivity index is 1.66. The van der Waals surface area contributed by atoms with E-state index in [4.69, 9.17) is 0 Å². The molecule has 4 rings (SSSR count). The van der Waals surface area contributed by atoms with Crippen LogP contribution < -0.4 is 4.74 Å². The monoisotopic (exact) mass is 431 g/mol. The normalized spacial score (nSPS) is 12.6. The molecule has 0 radical (unpaired) electrons. The van der Waals surface area contributed by atoms with Crippen LogP contribution in [0.15, 0.2) is 60.9 Å². The van der Waals surface area contributed by atoms with Crippen LogP contribution in [-0.4, -0.2) is 37.2 Å². The molecule has 0 N–H and O–H groups in total. The number of benzene rings is 1. The van der Waals surface area contributed by atoms with E-state index in [0.717, 1.165) is 12.1 Å². The summed E-state index contributed by atoms with van der Waals surface area (Å²) in [5, 5.41) is 11.0. The van der Waals surface area contributed by atoms with Crippen molar-refractivity contribution in [2.45, 2.75) is 18.7 Å². The molecule has 0 fully saturated rings. The smallest absolute Gasteiger partial charge is 0.406 e. The Hall–Kier alpha value is -3.89. The first kappa shape index (κ1) is 20.4. The number of hydrogen-bond acceptors (Lipinski definition) is 6. The van der Waals surface area contributed by atoms with Gasteiger partial charge in [0.05, 0.1) is 5.69 Å². The van der Waals surface area contributed by atoms with Crippen LogP contribution in [0.2, 0.25) is 0 Å². The highest BCUT2D eigenvalue weighted by molar-refractivity contribution is 5.96. The summed E-state index contributed by atoms with van der Waals surface area (Å²) >= 11 is 0. The van der Waals surface area contributed by atoms with Gasteiger partial charge in [-0.1, -0.05) is 12.1 Å². The molecule has 7 nitrogen and oxygen atoms in total. The third-order valence-electron chi connectivity index (χ3n) is 4.54. The molecule has 11 heteroatoms. The zero-order chi connectivity index (χ0) is 22.0. The Morgan fingerprint density at radius 2 is 1.87 bits per heavy atom. The lowest BCUT2D eigenvalue weighted by Gasteiger charge is -2.18. The van der Waals surface area contributed by atoms with E-state index < -0.39 is 23.8 Å². The van der Waals surface area contributed by atoms with Gasteiger partial charge in [-0.2, -0.15) is 4.52 Å². The minimum atomic E-state index is -4.83. The molecule has 4 aromatic rings. The first-order chi connectivity index (χ1) is 14.8. The highest BCUT2D eigenvalue weighted by Gasteiger charge is 2.31. The van der Waals surface area contributed by atoms with Crippen molar-refractivity contribution in [1.29, 1.82) is 0 Å². The van der Waals surface area contributed by atoms with Gasteiger partial charge in [0.2, 0.25) is 0 Å². The van der Waals surface area contributed by atoms with E-state index in [2.05, 4.69) is 25.2 Å². The molecule has 0 aliphatic carbocycles. The Bertz CT molecular complexity index is 1220. The van der Waals surface area contributed by atoms with Crippen molar-refractivity contribution in [3.05, 3.63) is 83.6 Å². The fourth-order valence-electron chi connectivity index (χ4n) is 3.14. The number of carbonyl (C=O) groups is 1. The van der Waals surface area contributed by atoms with Gasteiger partial charge in [-0.15, -0.1) is 18.3 Å². The van der Waals surface area contributed by atoms with Crippen molar-refractivity contribution in [2.24, 2.45) is 0 Å². The van der Waals surface area contributed by atoms with Crippen LogP contribution in [0, 0.1) is 5.82 Å². The first-order valence-electron chi connectivity index (χ1n) is 8.97. The van der Waals surface area contributed by atoms with Gasteiger partial charge in [-0.05, 0) is 52.4 Å². The van der Waals surface area contributed by atoms with E-state index >= 15 is 0 Å². The van der Waals surface area contributed by atoms with E-state index in [0.29, 0.717) is 11.2 Å². The number of Topliss-reactive ketones (excluding diaryl/α,β-unsaturated/α-hetero) is 1. The van der Waals surface area contributed by atoms with Gasteiger partial charge in [-0.25, -0.2) is 4.39 Å². The number of ketones is 1. The van der Waals surface area contributed by atoms with E-state index in [1.54, 1.807) is 12.1 Å². The van der Waals surface area contributed by atoms with Gasteiger partial charge in [0.25, 0.3) is 0 Å². The maximum Gasteiger partial charge on any atom is 0.573 e. The van der Waals surface area contributed by atoms with Gasteiger partial charge in [-0.3, -0.25) is 9.78 Å². The predicted molar refractivity (Wildman–Crippen MR) is 98.9 cm³/mol. The summed E-state index contributed by atoms with van der Waals surface area (Å²) in [6.45, 7) is 0. The van der Waals surface area contributed by atoms with Crippen LogP contribution in [0.1, 0.15) is 34.0 Å². The number of halogens is 4. The average Bonchev–Trinajstić information content (AvgIpc) is 3.20. The zero-order valence-corrected chi connectivity index (χ0v) is 15.6. The zero-order valence-electron chi connectivity index (χ0n) is 15.6. The quantitative estimate of drug-likeness (QED) is 0.340. The molecular formula is C20H13F4N5O2. The molecule has 3 aromatic heterocycles. The summed E-state index contributed by atoms with van der Waals surface area (Å²) in [5.74, 6) is -2.24. The van der Waals surface area contributed by atoms with E-state index in [9.17, 15) is 22.4 Å². The molecule has 0 bridgehead atoms. The summed E-state index contributed by atoms with van der Waals surface area (Å²) in [4.78, 5) is 17.0. The average molecular weight is 431 g/mol. The van der Waals surface area contributed by atoms with Crippen LogP contribution in [0.25, 0.3) is 5.65 Å². The first-order valence-corrected chi connectivity index (χ1v) is 8.97. The maximum atomic E-state index is 14.5. The van der Waals surface area contributed by atoms with Crippen molar-refractivity contribution in [2.75, 3.05) is 0 Å². The molecule has 158 valence electrons. The van der Waals surface area contributed by atoms with Crippen LogP contribution in [0.4, 0.5) is 17.6 Å². The highest BCUT2D eigenvalue weighted by Crippen LogP contribution is 2.32. The summed E-state index contributed by atoms with van der Waals surface area (Å²) in [7, 11) is 0. The van der Waals surface area contributed by atoms with Crippen molar-refractivity contribution < 1.29 is 27.1 Å². The van der Waals surface area contributed by atoms with Gasteiger partial charge < -0.3 is 4.74 Å². The van der Waals surface area contributed by atoms with Gasteiger partial charge in [0.1, 0.15) is 11.6 Å². The summed E-state index contributed by atoms with van der Waals surface area (Å²) in [6, 6.07) is 10.6. The SMILES string of the molecule is O=C(C[C@@H](c1ccc(OC(F)(F)F)cc1)c1ncccc1F)c1ccc2nnnn2c1. The number of fused-ring (bicyclic) bond motifs is 1. The largest absolute Gasteiger partial charge is 0.573 e. The molecular weight excluding hydrogens is 418 g/mol. The minimum absolute atomic E-state index is 0.00356. The second-order valence-electron chi connectivity index (χ2n) is 6.57. The molecule has 1 aromatic carbocycles. The summed E-state index contributed by atoms with van der Waals surface area (Å²) < 4.78 is 56.9. The van der Waals surface area contributed by atoms with Crippen molar-refractivity contribution in [3.63, 3.8) is 0 Å². The fraction of sp³-hybridized carbons (Fsp3) is 0.150. The molecule has 0 saturated heterocycles. The molecule has 31 heavy (non-hydrogen) atoms. The van der Waals surface area contributed by atoms with Gasteiger partial charge >= 0.3 is 6.36 Å². The number of alkyl halides is 3. The number of nitrogens with zero attached hydrogens (tertiary/aromatic N) is 5. The molecule has 0 aliphatic heterocycles. The molecule has 0 spiro atoms. The predicted octanol–water partition coefficient (Wildman–Crippen LogP) is 3.96. The number of pyridine rings is 2. The van der Waals surface area contributed by atoms with E-state index in [1.807, 2.05) is 0 Å². The second kappa shape index (κ2) is 8.09. The van der Waals surface area contributed by atoms with Crippen molar-refractivity contribution >= 4 is 11.4 Å². The molecule has 0 unspecified atom stereocenters. The Kier molecular flexibility index (Phi) is 5.32. The van der Waals surface area contributed by atoms with Crippen LogP contribution >= 0.6 is 0 Å². The third kappa shape index (κ3) is 4.65. The summed E-state index contributed by atoms with van der Waals surface area (Å²) in [5.41, 5.74) is 1.15. The van der Waals surface area contributed by atoms with Gasteiger partial charge in [0, 0.05) is 30.3 Å². The topological polar surface area (TPSA) is 82.3 Å². The number of aromatic nitrogens is 5. The Labute approximate surface area is 172 Å². The lowest BCUT2D eigenvalue weighted by Crippen LogP contribution is -2.17. The van der Waals surface area contributed by atoms with Crippen LogP contribution in [0.3, 0.4) is 0 Å². The number of rotatable bonds is 6. The molecule has 3 heterocycles. The number of hydrogen-bond donors (Lipinski definition) is 0. The van der Waals surface area contributed by atoms with Crippen LogP contribution in [0.5, 0.6) is 5.75 Å². The Morgan fingerprint density at radius 3 is 2.58 bits per heavy atom. The lowest BCUT2D eigenvalue weighted by molar-refractivity contribution is -0.274. The number of tetrazole rings is 1. The molecule has 0 amide bonds. The molecule has 1 atom stereocenters. The third-order valence-corrected chi connectivity index (χ3v) is 4.54.